The van der Waals surface area contributed by atoms with Gasteiger partial charge in [0, 0.05) is 0 Å². The Labute approximate surface area is 162 Å². The van der Waals surface area contributed by atoms with Crippen molar-refractivity contribution in [2.45, 2.75) is 0 Å². The number of aromatic nitrogens is 4. The molecule has 3 aromatic heterocycles. The zero-order valence-electron chi connectivity index (χ0n) is 14.3. The maximum atomic E-state index is 12.2. The molecule has 0 fully saturated rings. The average Bonchev–Trinajstić information content (AvgIpc) is 3.46. The van der Waals surface area contributed by atoms with E-state index in [0.29, 0.717) is 11.4 Å². The van der Waals surface area contributed by atoms with Crippen molar-refractivity contribution in [2.24, 2.45) is 0 Å². The van der Waals surface area contributed by atoms with Crippen LogP contribution in [-0.2, 0) is 0 Å². The molecular formula is C18H14N6O3S. The summed E-state index contributed by atoms with van der Waals surface area (Å²) >= 11 is 1.51. The van der Waals surface area contributed by atoms with E-state index < -0.39 is 11.8 Å². The number of thiophene rings is 1. The maximum Gasteiger partial charge on any atom is 0.294 e. The first-order chi connectivity index (χ1) is 13.6. The van der Waals surface area contributed by atoms with Gasteiger partial charge in [-0.2, -0.15) is 10.2 Å². The van der Waals surface area contributed by atoms with Crippen molar-refractivity contribution >= 4 is 23.2 Å². The lowest BCUT2D eigenvalue weighted by Gasteiger charge is -2.04. The number of carbonyl (C=O) groups is 2. The molecule has 1 aromatic carbocycles. The number of carbonyl (C=O) groups excluding carboxylic acids is 2. The Kier molecular flexibility index (Phi) is 4.60. The predicted octanol–water partition coefficient (Wildman–Crippen LogP) is 2.10. The Hall–Kier alpha value is -3.92. The SMILES string of the molecule is O=C(NNC(=O)c1nn(-c2ccccc2)cc1O)c1cc(-c2cccs2)[nH]n1. The van der Waals surface area contributed by atoms with Crippen LogP contribution in [0.4, 0.5) is 0 Å². The lowest BCUT2D eigenvalue weighted by Crippen LogP contribution is -2.42. The highest BCUT2D eigenvalue weighted by Crippen LogP contribution is 2.23. The smallest absolute Gasteiger partial charge is 0.294 e. The monoisotopic (exact) mass is 394 g/mol. The number of nitrogens with one attached hydrogen (secondary N) is 3. The maximum absolute atomic E-state index is 12.2. The molecular weight excluding hydrogens is 380 g/mol. The zero-order valence-corrected chi connectivity index (χ0v) is 15.1. The highest BCUT2D eigenvalue weighted by atomic mass is 32.1. The minimum absolute atomic E-state index is 0.114. The Bertz CT molecular complexity index is 1120. The fraction of sp³-hybridized carbons (Fsp3) is 0. The highest BCUT2D eigenvalue weighted by molar-refractivity contribution is 7.13. The van der Waals surface area contributed by atoms with E-state index in [4.69, 9.17) is 0 Å². The second-order valence-corrected chi connectivity index (χ2v) is 6.64. The van der Waals surface area contributed by atoms with Crippen LogP contribution in [-0.4, -0.2) is 36.9 Å². The summed E-state index contributed by atoms with van der Waals surface area (Å²) in [5.41, 5.74) is 5.75. The molecule has 28 heavy (non-hydrogen) atoms. The molecule has 0 aliphatic rings. The topological polar surface area (TPSA) is 125 Å². The molecule has 0 atom stereocenters. The summed E-state index contributed by atoms with van der Waals surface area (Å²) < 4.78 is 1.37. The van der Waals surface area contributed by atoms with Crippen LogP contribution in [0.25, 0.3) is 16.3 Å². The van der Waals surface area contributed by atoms with Gasteiger partial charge in [-0.3, -0.25) is 25.5 Å². The van der Waals surface area contributed by atoms with Gasteiger partial charge in [-0.15, -0.1) is 11.3 Å². The van der Waals surface area contributed by atoms with Gasteiger partial charge in [0.15, 0.2) is 17.1 Å². The number of aromatic hydroxyl groups is 1. The van der Waals surface area contributed by atoms with E-state index in [1.165, 1.54) is 22.2 Å². The lowest BCUT2D eigenvalue weighted by atomic mass is 10.3. The summed E-state index contributed by atoms with van der Waals surface area (Å²) in [4.78, 5) is 25.4. The number of rotatable bonds is 4. The number of nitrogens with zero attached hydrogens (tertiary/aromatic N) is 3. The van der Waals surface area contributed by atoms with Gasteiger partial charge >= 0.3 is 0 Å². The van der Waals surface area contributed by atoms with Crippen LogP contribution in [0, 0.1) is 0 Å². The van der Waals surface area contributed by atoms with Crippen molar-refractivity contribution < 1.29 is 14.7 Å². The second kappa shape index (κ2) is 7.37. The first-order valence-electron chi connectivity index (χ1n) is 8.16. The van der Waals surface area contributed by atoms with E-state index in [1.807, 2.05) is 35.7 Å². The molecule has 140 valence electrons. The number of hydrazine groups is 1. The average molecular weight is 394 g/mol. The molecule has 0 unspecified atom stereocenters. The Morgan fingerprint density at radius 3 is 2.61 bits per heavy atom. The summed E-state index contributed by atoms with van der Waals surface area (Å²) in [5.74, 6) is -1.67. The van der Waals surface area contributed by atoms with Crippen LogP contribution in [0.1, 0.15) is 21.0 Å². The molecule has 0 saturated heterocycles. The molecule has 4 N–H and O–H groups in total. The molecule has 2 amide bonds. The highest BCUT2D eigenvalue weighted by Gasteiger charge is 2.19. The normalized spacial score (nSPS) is 10.6. The van der Waals surface area contributed by atoms with E-state index in [2.05, 4.69) is 26.1 Å². The third-order valence-corrected chi connectivity index (χ3v) is 4.72. The van der Waals surface area contributed by atoms with Crippen molar-refractivity contribution in [1.82, 2.24) is 30.8 Å². The van der Waals surface area contributed by atoms with E-state index in [-0.39, 0.29) is 17.1 Å². The van der Waals surface area contributed by atoms with Crippen molar-refractivity contribution in [3.63, 3.8) is 0 Å². The van der Waals surface area contributed by atoms with Crippen LogP contribution in [0.15, 0.2) is 60.1 Å². The summed E-state index contributed by atoms with van der Waals surface area (Å²) in [7, 11) is 0. The van der Waals surface area contributed by atoms with Crippen molar-refractivity contribution in [2.75, 3.05) is 0 Å². The summed E-state index contributed by atoms with van der Waals surface area (Å²) in [6.07, 6.45) is 1.31. The van der Waals surface area contributed by atoms with Gasteiger partial charge in [0.2, 0.25) is 0 Å². The van der Waals surface area contributed by atoms with Gasteiger partial charge in [0.05, 0.1) is 22.5 Å². The molecule has 0 spiro atoms. The van der Waals surface area contributed by atoms with Crippen LogP contribution in [0.3, 0.4) is 0 Å². The van der Waals surface area contributed by atoms with E-state index in [0.717, 1.165) is 4.88 Å². The van der Waals surface area contributed by atoms with Gasteiger partial charge in [-0.25, -0.2) is 4.68 Å². The van der Waals surface area contributed by atoms with E-state index >= 15 is 0 Å². The number of hydrogen-bond donors (Lipinski definition) is 4. The van der Waals surface area contributed by atoms with E-state index in [1.54, 1.807) is 18.2 Å². The Morgan fingerprint density at radius 1 is 1.07 bits per heavy atom. The summed E-state index contributed by atoms with van der Waals surface area (Å²) in [6.45, 7) is 0. The molecule has 0 saturated carbocycles. The molecule has 0 aliphatic heterocycles. The molecule has 0 radical (unpaired) electrons. The fourth-order valence-corrected chi connectivity index (χ4v) is 3.16. The van der Waals surface area contributed by atoms with Gasteiger partial charge in [-0.1, -0.05) is 24.3 Å². The van der Waals surface area contributed by atoms with Gasteiger partial charge in [-0.05, 0) is 29.6 Å². The van der Waals surface area contributed by atoms with Crippen LogP contribution in [0.5, 0.6) is 5.75 Å². The molecule has 4 aromatic rings. The number of para-hydroxylation sites is 1. The molecule has 3 heterocycles. The second-order valence-electron chi connectivity index (χ2n) is 5.70. The van der Waals surface area contributed by atoms with Crippen LogP contribution in [0.2, 0.25) is 0 Å². The molecule has 9 nitrogen and oxygen atoms in total. The Balaban J connectivity index is 1.42. The van der Waals surface area contributed by atoms with Gasteiger partial charge in [0.1, 0.15) is 0 Å². The van der Waals surface area contributed by atoms with E-state index in [9.17, 15) is 14.7 Å². The van der Waals surface area contributed by atoms with Crippen LogP contribution >= 0.6 is 11.3 Å². The zero-order chi connectivity index (χ0) is 19.5. The molecule has 0 bridgehead atoms. The number of aromatic amines is 1. The number of H-pyrrole nitrogens is 1. The number of amides is 2. The summed E-state index contributed by atoms with van der Waals surface area (Å²) in [6, 6.07) is 14.4. The number of hydrogen-bond acceptors (Lipinski definition) is 6. The van der Waals surface area contributed by atoms with Crippen LogP contribution < -0.4 is 10.9 Å². The fourth-order valence-electron chi connectivity index (χ4n) is 2.47. The third kappa shape index (κ3) is 3.48. The quantitative estimate of drug-likeness (QED) is 0.395. The molecule has 4 rings (SSSR count). The number of benzene rings is 1. The van der Waals surface area contributed by atoms with Crippen molar-refractivity contribution in [3.05, 3.63) is 71.5 Å². The third-order valence-electron chi connectivity index (χ3n) is 3.82. The van der Waals surface area contributed by atoms with Crippen molar-refractivity contribution in [1.29, 1.82) is 0 Å². The Morgan fingerprint density at radius 2 is 1.86 bits per heavy atom. The standard InChI is InChI=1S/C18H14N6O3S/c25-14-10-24(11-5-2-1-3-6-11)23-16(14)18(27)22-21-17(26)13-9-12(19-20-13)15-7-4-8-28-15/h1-10,25H,(H,19,20)(H,21,26)(H,22,27). The van der Waals surface area contributed by atoms with Crippen molar-refractivity contribution in [3.8, 4) is 22.0 Å². The predicted molar refractivity (Wildman–Crippen MR) is 102 cm³/mol. The van der Waals surface area contributed by atoms with Gasteiger partial charge < -0.3 is 5.11 Å². The molecule has 0 aliphatic carbocycles. The lowest BCUT2D eigenvalue weighted by molar-refractivity contribution is 0.0839. The first kappa shape index (κ1) is 17.5. The molecule has 10 heteroatoms. The van der Waals surface area contributed by atoms with Gasteiger partial charge in [0.25, 0.3) is 11.8 Å². The minimum Gasteiger partial charge on any atom is -0.504 e. The largest absolute Gasteiger partial charge is 0.504 e. The first-order valence-corrected chi connectivity index (χ1v) is 9.04. The summed E-state index contributed by atoms with van der Waals surface area (Å²) in [5, 5.41) is 22.7. The minimum atomic E-state index is -0.755.